The highest BCUT2D eigenvalue weighted by molar-refractivity contribution is 5.94. The van der Waals surface area contributed by atoms with Crippen LogP contribution in [0.2, 0.25) is 0 Å². The Morgan fingerprint density at radius 1 is 0.971 bits per heavy atom. The molecule has 35 heavy (non-hydrogen) atoms. The molecule has 3 aliphatic carbocycles. The van der Waals surface area contributed by atoms with Crippen LogP contribution in [0.1, 0.15) is 67.7 Å². The number of esters is 3. The van der Waals surface area contributed by atoms with Gasteiger partial charge >= 0.3 is 17.9 Å². The fourth-order valence-electron chi connectivity index (χ4n) is 7.61. The molecule has 0 unspecified atom stereocenters. The van der Waals surface area contributed by atoms with E-state index in [0.717, 1.165) is 0 Å². The number of ether oxygens (including phenoxy) is 4. The average Bonchev–Trinajstić information content (AvgIpc) is 3.39. The van der Waals surface area contributed by atoms with Crippen LogP contribution in [-0.4, -0.2) is 64.4 Å². The molecule has 9 nitrogen and oxygen atoms in total. The number of carbonyl (C=O) groups excluding carboxylic acids is 4. The van der Waals surface area contributed by atoms with Gasteiger partial charge in [0.2, 0.25) is 0 Å². The topological polar surface area (TPSA) is 129 Å². The number of Topliss-reactive ketones (excluding diaryl/α,β-unsaturated/α-hetero) is 1. The van der Waals surface area contributed by atoms with Gasteiger partial charge in [0, 0.05) is 49.9 Å². The summed E-state index contributed by atoms with van der Waals surface area (Å²) in [5, 5.41) is 10.8. The van der Waals surface area contributed by atoms with E-state index in [2.05, 4.69) is 6.58 Å². The van der Waals surface area contributed by atoms with Crippen molar-refractivity contribution in [3.05, 3.63) is 12.2 Å². The van der Waals surface area contributed by atoms with Crippen LogP contribution >= 0.6 is 0 Å². The van der Waals surface area contributed by atoms with Crippen molar-refractivity contribution in [3.8, 4) is 0 Å². The van der Waals surface area contributed by atoms with Gasteiger partial charge in [-0.05, 0) is 25.3 Å². The SMILES string of the molecule is C=C1[C@@H](O)CC[C@@]2(C)[C@@H](OC(C)=O)[C@H](OC(C)=O)[C@@]34O[C@]3(C)C(=O)C[C@@H]([C@@H](OC(C)=O)[C@H]12)C4(C)C. The summed E-state index contributed by atoms with van der Waals surface area (Å²) in [6, 6.07) is 0. The Morgan fingerprint density at radius 3 is 2.06 bits per heavy atom. The third kappa shape index (κ3) is 3.34. The lowest BCUT2D eigenvalue weighted by atomic mass is 9.46. The molecule has 9 heteroatoms. The van der Waals surface area contributed by atoms with Crippen molar-refractivity contribution in [2.24, 2.45) is 22.7 Å². The lowest BCUT2D eigenvalue weighted by molar-refractivity contribution is -0.229. The van der Waals surface area contributed by atoms with Crippen molar-refractivity contribution in [1.82, 2.24) is 0 Å². The second-order valence-electron chi connectivity index (χ2n) is 11.6. The summed E-state index contributed by atoms with van der Waals surface area (Å²) in [5.41, 5.74) is -3.95. The van der Waals surface area contributed by atoms with Crippen molar-refractivity contribution >= 4 is 23.7 Å². The first-order valence-corrected chi connectivity index (χ1v) is 12.2. The lowest BCUT2D eigenvalue weighted by Crippen LogP contribution is -2.71. The minimum absolute atomic E-state index is 0.0736. The Morgan fingerprint density at radius 2 is 1.51 bits per heavy atom. The zero-order valence-electron chi connectivity index (χ0n) is 21.5. The Hall–Kier alpha value is -2.26. The third-order valence-corrected chi connectivity index (χ3v) is 9.29. The molecule has 4 aliphatic rings. The van der Waals surface area contributed by atoms with E-state index in [1.807, 2.05) is 20.8 Å². The molecule has 4 rings (SSSR count). The van der Waals surface area contributed by atoms with Crippen LogP contribution in [0.5, 0.6) is 0 Å². The molecule has 1 heterocycles. The van der Waals surface area contributed by atoms with Crippen molar-refractivity contribution < 1.29 is 43.2 Å². The summed E-state index contributed by atoms with van der Waals surface area (Å²) < 4.78 is 24.1. The molecular formula is C26H36O9. The molecule has 0 radical (unpaired) electrons. The first-order valence-electron chi connectivity index (χ1n) is 12.2. The molecule has 194 valence electrons. The van der Waals surface area contributed by atoms with Crippen LogP contribution in [0.15, 0.2) is 12.2 Å². The normalized spacial score (nSPS) is 45.7. The molecule has 3 saturated carbocycles. The standard InChI is InChI=1S/C26H36O9/c1-12-17(30)9-10-24(7)19(12)20(32-13(2)27)16-11-18(31)25(8)26(35-25,23(16,5)6)22(34-15(4)29)21(24)33-14(3)28/h16-17,19-22,30H,1,9-11H2,2-8H3/t16-,17-,19-,20+,21-,22-,24+,25+,26-/m0/s1. The van der Waals surface area contributed by atoms with Crippen molar-refractivity contribution in [1.29, 1.82) is 0 Å². The van der Waals surface area contributed by atoms with E-state index >= 15 is 0 Å². The zero-order chi connectivity index (χ0) is 26.3. The molecule has 1 N–H and O–H groups in total. The maximum atomic E-state index is 13.5. The number of ketones is 1. The number of aliphatic hydroxyl groups excluding tert-OH is 1. The molecule has 0 aromatic carbocycles. The quantitative estimate of drug-likeness (QED) is 0.273. The molecule has 0 aromatic heterocycles. The number of fused-ring (bicyclic) bond motifs is 2. The average molecular weight is 493 g/mol. The second-order valence-corrected chi connectivity index (χ2v) is 11.6. The zero-order valence-corrected chi connectivity index (χ0v) is 21.5. The number of rotatable bonds is 3. The van der Waals surface area contributed by atoms with Gasteiger partial charge in [0.05, 0.1) is 6.10 Å². The minimum atomic E-state index is -1.31. The van der Waals surface area contributed by atoms with Crippen LogP contribution in [0.4, 0.5) is 0 Å². The summed E-state index contributed by atoms with van der Waals surface area (Å²) >= 11 is 0. The monoisotopic (exact) mass is 492 g/mol. The molecule has 4 fully saturated rings. The maximum absolute atomic E-state index is 13.5. The van der Waals surface area contributed by atoms with Crippen molar-refractivity contribution in [3.63, 3.8) is 0 Å². The fraction of sp³-hybridized carbons (Fsp3) is 0.769. The predicted molar refractivity (Wildman–Crippen MR) is 122 cm³/mol. The third-order valence-electron chi connectivity index (χ3n) is 9.29. The van der Waals surface area contributed by atoms with E-state index in [-0.39, 0.29) is 12.2 Å². The van der Waals surface area contributed by atoms with Gasteiger partial charge in [-0.15, -0.1) is 0 Å². The molecule has 1 aliphatic heterocycles. The van der Waals surface area contributed by atoms with E-state index < -0.39 is 76.2 Å². The predicted octanol–water partition coefficient (Wildman–Crippen LogP) is 2.27. The van der Waals surface area contributed by atoms with Gasteiger partial charge in [-0.3, -0.25) is 19.2 Å². The van der Waals surface area contributed by atoms with Crippen LogP contribution in [0.25, 0.3) is 0 Å². The summed E-state index contributed by atoms with van der Waals surface area (Å²) in [6.07, 6.45) is -3.09. The van der Waals surface area contributed by atoms with Gasteiger partial charge in [-0.2, -0.15) is 0 Å². The molecule has 9 atom stereocenters. The van der Waals surface area contributed by atoms with E-state index in [1.165, 1.54) is 20.8 Å². The number of carbonyl (C=O) groups is 4. The second kappa shape index (κ2) is 7.87. The van der Waals surface area contributed by atoms with Crippen LogP contribution < -0.4 is 0 Å². The van der Waals surface area contributed by atoms with E-state index in [9.17, 15) is 24.3 Å². The van der Waals surface area contributed by atoms with Crippen LogP contribution in [0.3, 0.4) is 0 Å². The maximum Gasteiger partial charge on any atom is 0.303 e. The fourth-order valence-corrected chi connectivity index (χ4v) is 7.61. The molecule has 1 spiro atoms. The van der Waals surface area contributed by atoms with Gasteiger partial charge in [-0.1, -0.05) is 27.4 Å². The van der Waals surface area contributed by atoms with Crippen LogP contribution in [0, 0.1) is 22.7 Å². The van der Waals surface area contributed by atoms with Crippen molar-refractivity contribution in [2.75, 3.05) is 0 Å². The molecule has 2 bridgehead atoms. The summed E-state index contributed by atoms with van der Waals surface area (Å²) in [6.45, 7) is 15.4. The number of hydrogen-bond donors (Lipinski definition) is 1. The minimum Gasteiger partial charge on any atom is -0.462 e. The van der Waals surface area contributed by atoms with Crippen molar-refractivity contribution in [2.45, 2.75) is 103 Å². The van der Waals surface area contributed by atoms with E-state index in [1.54, 1.807) is 6.92 Å². The van der Waals surface area contributed by atoms with Gasteiger partial charge < -0.3 is 24.1 Å². The van der Waals surface area contributed by atoms with Crippen LogP contribution in [-0.2, 0) is 38.1 Å². The Balaban J connectivity index is 2.05. The first kappa shape index (κ1) is 25.8. The smallest absolute Gasteiger partial charge is 0.303 e. The highest BCUT2D eigenvalue weighted by Crippen LogP contribution is 2.72. The Kier molecular flexibility index (Phi) is 5.80. The highest BCUT2D eigenvalue weighted by Gasteiger charge is 2.88. The largest absolute Gasteiger partial charge is 0.462 e. The van der Waals surface area contributed by atoms with Gasteiger partial charge in [-0.25, -0.2) is 0 Å². The van der Waals surface area contributed by atoms with E-state index in [0.29, 0.717) is 18.4 Å². The van der Waals surface area contributed by atoms with Gasteiger partial charge in [0.25, 0.3) is 0 Å². The summed E-state index contributed by atoms with van der Waals surface area (Å²) in [4.78, 5) is 50.7. The summed E-state index contributed by atoms with van der Waals surface area (Å²) in [7, 11) is 0. The first-order chi connectivity index (χ1) is 16.0. The Labute approximate surface area is 205 Å². The Bertz CT molecular complexity index is 1000. The molecule has 1 saturated heterocycles. The molecular weight excluding hydrogens is 456 g/mol. The molecule has 0 aromatic rings. The van der Waals surface area contributed by atoms with Gasteiger partial charge in [0.15, 0.2) is 23.1 Å². The number of aliphatic hydroxyl groups is 1. The lowest BCUT2D eigenvalue weighted by Gasteiger charge is -2.60. The number of epoxide rings is 1. The van der Waals surface area contributed by atoms with E-state index in [4.69, 9.17) is 18.9 Å². The molecule has 0 amide bonds. The highest BCUT2D eigenvalue weighted by atomic mass is 16.7. The van der Waals surface area contributed by atoms with Gasteiger partial charge in [0.1, 0.15) is 12.2 Å². The number of hydrogen-bond acceptors (Lipinski definition) is 9. The summed E-state index contributed by atoms with van der Waals surface area (Å²) in [5.74, 6) is -3.13.